The van der Waals surface area contributed by atoms with Crippen LogP contribution in [-0.4, -0.2) is 57.1 Å². The SMILES string of the molecule is Cc1nc(NCC#Cc2cccc(O)c2)nc(C)c1C(=O)NC(CNC(=O)c1cccs1)C(=O)O. The number of hydrogen-bond acceptors (Lipinski definition) is 8. The van der Waals surface area contributed by atoms with E-state index in [-0.39, 0.29) is 30.4 Å². The van der Waals surface area contributed by atoms with Crippen molar-refractivity contribution in [2.75, 3.05) is 18.4 Å². The summed E-state index contributed by atoms with van der Waals surface area (Å²) >= 11 is 1.23. The molecule has 0 fully saturated rings. The van der Waals surface area contributed by atoms with E-state index >= 15 is 0 Å². The number of hydrogen-bond donors (Lipinski definition) is 5. The number of carboxylic acids is 1. The number of nitrogens with one attached hydrogen (secondary N) is 3. The van der Waals surface area contributed by atoms with Gasteiger partial charge in [0.25, 0.3) is 11.8 Å². The number of aliphatic carboxylic acids is 1. The summed E-state index contributed by atoms with van der Waals surface area (Å²) in [6.07, 6.45) is 0. The van der Waals surface area contributed by atoms with Gasteiger partial charge in [0.1, 0.15) is 11.8 Å². The first kappa shape index (κ1) is 25.2. The lowest BCUT2D eigenvalue weighted by molar-refractivity contribution is -0.139. The minimum absolute atomic E-state index is 0.128. The Morgan fingerprint density at radius 3 is 2.46 bits per heavy atom. The van der Waals surface area contributed by atoms with Gasteiger partial charge >= 0.3 is 5.97 Å². The van der Waals surface area contributed by atoms with E-state index in [1.807, 2.05) is 0 Å². The Kier molecular flexibility index (Phi) is 8.37. The molecule has 3 aromatic rings. The Morgan fingerprint density at radius 1 is 1.09 bits per heavy atom. The van der Waals surface area contributed by atoms with Gasteiger partial charge in [-0.05, 0) is 43.5 Å². The summed E-state index contributed by atoms with van der Waals surface area (Å²) in [5.41, 5.74) is 1.51. The molecule has 0 radical (unpaired) electrons. The zero-order valence-electron chi connectivity index (χ0n) is 19.0. The molecule has 2 heterocycles. The molecule has 3 rings (SSSR count). The normalized spacial score (nSPS) is 11.0. The van der Waals surface area contributed by atoms with E-state index in [0.29, 0.717) is 21.8 Å². The van der Waals surface area contributed by atoms with Crippen LogP contribution in [0.1, 0.15) is 37.0 Å². The van der Waals surface area contributed by atoms with Gasteiger partial charge in [0.15, 0.2) is 0 Å². The number of aromatic nitrogens is 2. The second-order valence-electron chi connectivity index (χ2n) is 7.35. The first-order chi connectivity index (χ1) is 16.7. The number of amides is 2. The van der Waals surface area contributed by atoms with Crippen LogP contribution in [0, 0.1) is 25.7 Å². The Bertz CT molecular complexity index is 1270. The van der Waals surface area contributed by atoms with Crippen LogP contribution in [0.15, 0.2) is 41.8 Å². The van der Waals surface area contributed by atoms with Crippen molar-refractivity contribution >= 4 is 35.1 Å². The molecule has 1 aromatic carbocycles. The molecule has 10 nitrogen and oxygen atoms in total. The minimum Gasteiger partial charge on any atom is -0.508 e. The van der Waals surface area contributed by atoms with Gasteiger partial charge in [-0.15, -0.1) is 11.3 Å². The summed E-state index contributed by atoms with van der Waals surface area (Å²) in [7, 11) is 0. The number of nitrogens with zero attached hydrogens (tertiary/aromatic N) is 2. The van der Waals surface area contributed by atoms with Gasteiger partial charge in [0, 0.05) is 12.1 Å². The molecule has 1 unspecified atom stereocenters. The van der Waals surface area contributed by atoms with Crippen LogP contribution in [0.5, 0.6) is 5.75 Å². The van der Waals surface area contributed by atoms with E-state index in [4.69, 9.17) is 0 Å². The molecule has 5 N–H and O–H groups in total. The molecule has 2 aromatic heterocycles. The summed E-state index contributed by atoms with van der Waals surface area (Å²) < 4.78 is 0. The molecule has 0 spiro atoms. The predicted octanol–water partition coefficient (Wildman–Crippen LogP) is 1.94. The third kappa shape index (κ3) is 7.02. The number of phenols is 1. The molecule has 0 saturated heterocycles. The van der Waals surface area contributed by atoms with E-state index in [9.17, 15) is 24.6 Å². The van der Waals surface area contributed by atoms with Crippen LogP contribution in [0.4, 0.5) is 5.95 Å². The molecule has 2 amide bonds. The van der Waals surface area contributed by atoms with Crippen LogP contribution in [-0.2, 0) is 4.79 Å². The lowest BCUT2D eigenvalue weighted by Crippen LogP contribution is -2.48. The maximum Gasteiger partial charge on any atom is 0.328 e. The highest BCUT2D eigenvalue weighted by Gasteiger charge is 2.24. The van der Waals surface area contributed by atoms with E-state index in [2.05, 4.69) is 37.8 Å². The maximum absolute atomic E-state index is 12.8. The van der Waals surface area contributed by atoms with Crippen molar-refractivity contribution in [2.24, 2.45) is 0 Å². The lowest BCUT2D eigenvalue weighted by Gasteiger charge is -2.17. The molecule has 180 valence electrons. The van der Waals surface area contributed by atoms with Gasteiger partial charge in [-0.3, -0.25) is 9.59 Å². The van der Waals surface area contributed by atoms with Crippen molar-refractivity contribution in [3.8, 4) is 17.6 Å². The topological polar surface area (TPSA) is 154 Å². The van der Waals surface area contributed by atoms with Crippen LogP contribution >= 0.6 is 11.3 Å². The molecule has 1 atom stereocenters. The van der Waals surface area contributed by atoms with Crippen molar-refractivity contribution in [1.29, 1.82) is 0 Å². The average Bonchev–Trinajstić information content (AvgIpc) is 3.34. The van der Waals surface area contributed by atoms with Crippen LogP contribution in [0.3, 0.4) is 0 Å². The van der Waals surface area contributed by atoms with Crippen molar-refractivity contribution in [3.05, 3.63) is 69.2 Å². The molecule has 11 heteroatoms. The molecule has 0 aliphatic rings. The number of anilines is 1. The lowest BCUT2D eigenvalue weighted by atomic mass is 10.1. The fourth-order valence-corrected chi connectivity index (χ4v) is 3.74. The fourth-order valence-electron chi connectivity index (χ4n) is 3.10. The number of rotatable bonds is 8. The Balaban J connectivity index is 1.62. The van der Waals surface area contributed by atoms with Gasteiger partial charge in [0.05, 0.1) is 28.4 Å². The number of phenolic OH excluding ortho intramolecular Hbond substituents is 1. The summed E-state index contributed by atoms with van der Waals surface area (Å²) in [6.45, 7) is 3.17. The minimum atomic E-state index is -1.34. The van der Waals surface area contributed by atoms with Crippen molar-refractivity contribution < 1.29 is 24.6 Å². The second kappa shape index (κ2) is 11.6. The van der Waals surface area contributed by atoms with Crippen molar-refractivity contribution in [2.45, 2.75) is 19.9 Å². The number of benzene rings is 1. The first-order valence-corrected chi connectivity index (χ1v) is 11.3. The van der Waals surface area contributed by atoms with Gasteiger partial charge in [-0.2, -0.15) is 0 Å². The van der Waals surface area contributed by atoms with E-state index < -0.39 is 23.8 Å². The molecule has 0 saturated carbocycles. The molecule has 0 aliphatic carbocycles. The summed E-state index contributed by atoms with van der Waals surface area (Å²) in [5.74, 6) is 3.82. The van der Waals surface area contributed by atoms with Crippen molar-refractivity contribution in [3.63, 3.8) is 0 Å². The Labute approximate surface area is 205 Å². The molecular formula is C24H23N5O5S. The number of carbonyl (C=O) groups excluding carboxylic acids is 2. The third-order valence-electron chi connectivity index (χ3n) is 4.73. The molecular weight excluding hydrogens is 470 g/mol. The smallest absolute Gasteiger partial charge is 0.328 e. The van der Waals surface area contributed by atoms with Gasteiger partial charge < -0.3 is 26.2 Å². The number of carbonyl (C=O) groups is 3. The first-order valence-electron chi connectivity index (χ1n) is 10.5. The van der Waals surface area contributed by atoms with Crippen LogP contribution in [0.2, 0.25) is 0 Å². The zero-order chi connectivity index (χ0) is 25.4. The highest BCUT2D eigenvalue weighted by Crippen LogP contribution is 2.13. The van der Waals surface area contributed by atoms with Crippen LogP contribution in [0.25, 0.3) is 0 Å². The van der Waals surface area contributed by atoms with Gasteiger partial charge in [-0.1, -0.05) is 24.0 Å². The van der Waals surface area contributed by atoms with E-state index in [1.165, 1.54) is 11.3 Å². The Morgan fingerprint density at radius 2 is 1.83 bits per heavy atom. The van der Waals surface area contributed by atoms with E-state index in [0.717, 1.165) is 0 Å². The summed E-state index contributed by atoms with van der Waals surface area (Å²) in [4.78, 5) is 45.5. The van der Waals surface area contributed by atoms with E-state index in [1.54, 1.807) is 55.6 Å². The highest BCUT2D eigenvalue weighted by atomic mass is 32.1. The quantitative estimate of drug-likeness (QED) is 0.298. The highest BCUT2D eigenvalue weighted by molar-refractivity contribution is 7.12. The van der Waals surface area contributed by atoms with Gasteiger partial charge in [0.2, 0.25) is 5.95 Å². The standard InChI is InChI=1S/C24H23N5O5S/c1-14-20(22(32)29-18(23(33)34)13-26-21(31)19-9-5-11-35-19)15(2)28-24(27-14)25-10-4-7-16-6-3-8-17(30)12-16/h3,5-6,8-9,11-12,18,30H,10,13H2,1-2H3,(H,26,31)(H,29,32)(H,33,34)(H,25,27,28). The molecule has 0 aliphatic heterocycles. The number of aromatic hydroxyl groups is 1. The fraction of sp³-hybridized carbons (Fsp3) is 0.208. The molecule has 35 heavy (non-hydrogen) atoms. The van der Waals surface area contributed by atoms with Crippen LogP contribution < -0.4 is 16.0 Å². The average molecular weight is 494 g/mol. The second-order valence-corrected chi connectivity index (χ2v) is 8.30. The third-order valence-corrected chi connectivity index (χ3v) is 5.60. The number of aryl methyl sites for hydroxylation is 2. The molecule has 0 bridgehead atoms. The van der Waals surface area contributed by atoms with Crippen molar-refractivity contribution in [1.82, 2.24) is 20.6 Å². The monoisotopic (exact) mass is 493 g/mol. The largest absolute Gasteiger partial charge is 0.508 e. The number of thiophene rings is 1. The summed E-state index contributed by atoms with van der Waals surface area (Å²) in [6, 6.07) is 8.55. The predicted molar refractivity (Wildman–Crippen MR) is 131 cm³/mol. The Hall–Kier alpha value is -4.43. The number of carboxylic acid groups (broad SMARTS) is 1. The zero-order valence-corrected chi connectivity index (χ0v) is 19.8. The maximum atomic E-state index is 12.8. The van der Waals surface area contributed by atoms with Gasteiger partial charge in [-0.25, -0.2) is 14.8 Å². The summed E-state index contributed by atoms with van der Waals surface area (Å²) in [5, 5.41) is 28.6.